The number of benzene rings is 1. The molecule has 2 N–H and O–H groups in total. The number of nitrogens with two attached hydrogens (primary N) is 1. The summed E-state index contributed by atoms with van der Waals surface area (Å²) >= 11 is 0. The van der Waals surface area contributed by atoms with Gasteiger partial charge in [0.2, 0.25) is 10.0 Å². The molecule has 0 spiro atoms. The fraction of sp³-hybridized carbons (Fsp3) is 0.571. The zero-order valence-corrected chi connectivity index (χ0v) is 12.7. The number of sulfonamides is 1. The van der Waals surface area contributed by atoms with Crippen molar-refractivity contribution >= 4 is 10.0 Å². The second-order valence-corrected chi connectivity index (χ2v) is 7.14. The van der Waals surface area contributed by atoms with E-state index in [0.717, 1.165) is 31.0 Å². The third kappa shape index (κ3) is 3.09. The Kier molecular flexibility index (Phi) is 4.95. The lowest BCUT2D eigenvalue weighted by Crippen LogP contribution is -2.44. The van der Waals surface area contributed by atoms with Gasteiger partial charge in [0.15, 0.2) is 0 Å². The van der Waals surface area contributed by atoms with Crippen LogP contribution in [0.2, 0.25) is 0 Å². The van der Waals surface area contributed by atoms with Crippen molar-refractivity contribution in [3.63, 3.8) is 0 Å². The standard InChI is InChI=1S/C14H20F2N2O2S/c1-2-18(13-5-3-4-10(13)9-17)21(19,20)14-8-11(15)6-7-12(14)16/h6-8,10,13H,2-5,9,17H2,1H3. The SMILES string of the molecule is CCN(C1CCCC1CN)S(=O)(=O)c1cc(F)ccc1F. The van der Waals surface area contributed by atoms with E-state index in [1.165, 1.54) is 4.31 Å². The molecule has 2 rings (SSSR count). The van der Waals surface area contributed by atoms with Crippen molar-refractivity contribution in [2.24, 2.45) is 11.7 Å². The van der Waals surface area contributed by atoms with Gasteiger partial charge in [0.1, 0.15) is 16.5 Å². The van der Waals surface area contributed by atoms with E-state index in [1.807, 2.05) is 0 Å². The smallest absolute Gasteiger partial charge is 0.246 e. The van der Waals surface area contributed by atoms with E-state index in [0.29, 0.717) is 13.0 Å². The largest absolute Gasteiger partial charge is 0.330 e. The van der Waals surface area contributed by atoms with Gasteiger partial charge in [-0.2, -0.15) is 4.31 Å². The molecule has 2 unspecified atom stereocenters. The van der Waals surface area contributed by atoms with Crippen LogP contribution >= 0.6 is 0 Å². The molecule has 0 amide bonds. The molecule has 0 aromatic heterocycles. The van der Waals surface area contributed by atoms with Gasteiger partial charge in [-0.05, 0) is 43.5 Å². The van der Waals surface area contributed by atoms with Crippen LogP contribution < -0.4 is 5.73 Å². The molecule has 0 aliphatic heterocycles. The van der Waals surface area contributed by atoms with Crippen LogP contribution in [0.3, 0.4) is 0 Å². The summed E-state index contributed by atoms with van der Waals surface area (Å²) in [4.78, 5) is -0.605. The van der Waals surface area contributed by atoms with E-state index >= 15 is 0 Å². The van der Waals surface area contributed by atoms with E-state index in [1.54, 1.807) is 6.92 Å². The van der Waals surface area contributed by atoms with E-state index in [4.69, 9.17) is 5.73 Å². The molecule has 0 saturated heterocycles. The van der Waals surface area contributed by atoms with Crippen LogP contribution in [0.4, 0.5) is 8.78 Å². The van der Waals surface area contributed by atoms with Crippen molar-refractivity contribution in [2.75, 3.05) is 13.1 Å². The fourth-order valence-corrected chi connectivity index (χ4v) is 4.86. The molecule has 1 fully saturated rings. The summed E-state index contributed by atoms with van der Waals surface area (Å²) in [7, 11) is -4.07. The van der Waals surface area contributed by atoms with Crippen LogP contribution in [0, 0.1) is 17.6 Å². The predicted octanol–water partition coefficient (Wildman–Crippen LogP) is 2.10. The fourth-order valence-electron chi connectivity index (χ4n) is 3.06. The molecule has 1 aromatic carbocycles. The van der Waals surface area contributed by atoms with Gasteiger partial charge in [-0.15, -0.1) is 0 Å². The molecule has 0 heterocycles. The number of hydrogen-bond donors (Lipinski definition) is 1. The van der Waals surface area contributed by atoms with Crippen LogP contribution in [0.15, 0.2) is 23.1 Å². The second-order valence-electron chi connectivity index (χ2n) is 5.28. The lowest BCUT2D eigenvalue weighted by Gasteiger charge is -2.31. The van der Waals surface area contributed by atoms with Gasteiger partial charge in [-0.25, -0.2) is 17.2 Å². The molecule has 1 aromatic rings. The molecule has 21 heavy (non-hydrogen) atoms. The first-order valence-corrected chi connectivity index (χ1v) is 8.52. The molecule has 0 radical (unpaired) electrons. The van der Waals surface area contributed by atoms with Crippen molar-refractivity contribution in [2.45, 2.75) is 37.1 Å². The van der Waals surface area contributed by atoms with Crippen LogP contribution in [0.5, 0.6) is 0 Å². The summed E-state index contributed by atoms with van der Waals surface area (Å²) in [6, 6.07) is 2.24. The Labute approximate surface area is 124 Å². The molecular formula is C14H20F2N2O2S. The Hall–Kier alpha value is -1.05. The molecule has 1 aliphatic carbocycles. The molecular weight excluding hydrogens is 298 g/mol. The van der Waals surface area contributed by atoms with Crippen LogP contribution in [-0.2, 0) is 10.0 Å². The van der Waals surface area contributed by atoms with E-state index in [9.17, 15) is 17.2 Å². The Morgan fingerprint density at radius 3 is 2.67 bits per heavy atom. The number of hydrogen-bond acceptors (Lipinski definition) is 3. The first-order valence-electron chi connectivity index (χ1n) is 7.08. The Bertz CT molecular complexity index is 607. The number of rotatable bonds is 5. The molecule has 4 nitrogen and oxygen atoms in total. The molecule has 118 valence electrons. The maximum absolute atomic E-state index is 13.8. The van der Waals surface area contributed by atoms with Gasteiger partial charge in [-0.3, -0.25) is 0 Å². The van der Waals surface area contributed by atoms with Crippen molar-refractivity contribution in [3.8, 4) is 0 Å². The summed E-state index contributed by atoms with van der Waals surface area (Å²) in [5, 5.41) is 0. The van der Waals surface area contributed by atoms with Gasteiger partial charge in [0, 0.05) is 12.6 Å². The van der Waals surface area contributed by atoms with Crippen LogP contribution in [-0.4, -0.2) is 31.9 Å². The second kappa shape index (κ2) is 6.37. The van der Waals surface area contributed by atoms with Crippen molar-refractivity contribution in [3.05, 3.63) is 29.8 Å². The molecule has 1 aliphatic rings. The summed E-state index contributed by atoms with van der Waals surface area (Å²) < 4.78 is 53.7. The lowest BCUT2D eigenvalue weighted by molar-refractivity contribution is 0.275. The van der Waals surface area contributed by atoms with Gasteiger partial charge in [-0.1, -0.05) is 13.3 Å². The van der Waals surface area contributed by atoms with E-state index < -0.39 is 26.6 Å². The van der Waals surface area contributed by atoms with Gasteiger partial charge < -0.3 is 5.73 Å². The monoisotopic (exact) mass is 318 g/mol. The first kappa shape index (κ1) is 16.3. The normalized spacial score (nSPS) is 22.9. The first-order chi connectivity index (χ1) is 9.91. The number of nitrogens with zero attached hydrogens (tertiary/aromatic N) is 1. The molecule has 2 atom stereocenters. The summed E-state index contributed by atoms with van der Waals surface area (Å²) in [5.41, 5.74) is 5.70. The van der Waals surface area contributed by atoms with Crippen LogP contribution in [0.25, 0.3) is 0 Å². The minimum atomic E-state index is -4.07. The molecule has 1 saturated carbocycles. The van der Waals surface area contributed by atoms with Crippen molar-refractivity contribution in [1.29, 1.82) is 0 Å². The minimum absolute atomic E-state index is 0.0661. The van der Waals surface area contributed by atoms with Crippen molar-refractivity contribution < 1.29 is 17.2 Å². The van der Waals surface area contributed by atoms with Gasteiger partial charge in [0.05, 0.1) is 0 Å². The summed E-state index contributed by atoms with van der Waals surface area (Å²) in [6.45, 7) is 2.29. The Balaban J connectivity index is 2.42. The average molecular weight is 318 g/mol. The zero-order chi connectivity index (χ0) is 15.6. The quantitative estimate of drug-likeness (QED) is 0.904. The van der Waals surface area contributed by atoms with Gasteiger partial charge >= 0.3 is 0 Å². The highest BCUT2D eigenvalue weighted by molar-refractivity contribution is 7.89. The highest BCUT2D eigenvalue weighted by Crippen LogP contribution is 2.33. The topological polar surface area (TPSA) is 63.4 Å². The highest BCUT2D eigenvalue weighted by Gasteiger charge is 2.38. The molecule has 7 heteroatoms. The third-order valence-corrected chi connectivity index (χ3v) is 6.10. The summed E-state index contributed by atoms with van der Waals surface area (Å²) in [6.07, 6.45) is 2.45. The Morgan fingerprint density at radius 2 is 2.05 bits per heavy atom. The zero-order valence-electron chi connectivity index (χ0n) is 11.9. The van der Waals surface area contributed by atoms with E-state index in [-0.39, 0.29) is 18.5 Å². The minimum Gasteiger partial charge on any atom is -0.330 e. The highest BCUT2D eigenvalue weighted by atomic mass is 32.2. The average Bonchev–Trinajstić information content (AvgIpc) is 2.90. The number of halogens is 2. The van der Waals surface area contributed by atoms with Crippen molar-refractivity contribution in [1.82, 2.24) is 4.31 Å². The lowest BCUT2D eigenvalue weighted by atomic mass is 10.0. The maximum Gasteiger partial charge on any atom is 0.246 e. The van der Waals surface area contributed by atoms with E-state index in [2.05, 4.69) is 0 Å². The summed E-state index contributed by atoms with van der Waals surface area (Å²) in [5.74, 6) is -1.64. The maximum atomic E-state index is 13.8. The predicted molar refractivity (Wildman–Crippen MR) is 76.1 cm³/mol. The Morgan fingerprint density at radius 1 is 1.33 bits per heavy atom. The van der Waals surface area contributed by atoms with Crippen LogP contribution in [0.1, 0.15) is 26.2 Å². The molecule has 0 bridgehead atoms. The third-order valence-electron chi connectivity index (χ3n) is 4.08. The van der Waals surface area contributed by atoms with Gasteiger partial charge in [0.25, 0.3) is 0 Å².